The van der Waals surface area contributed by atoms with Crippen molar-refractivity contribution >= 4 is 17.6 Å². The largest absolute Gasteiger partial charge is 0.384 e. The van der Waals surface area contributed by atoms with Crippen molar-refractivity contribution in [2.45, 2.75) is 25.7 Å². The number of amidine groups is 1. The number of nitrogen functional groups attached to an aromatic ring is 1. The molecule has 5 heteroatoms. The van der Waals surface area contributed by atoms with Gasteiger partial charge < -0.3 is 10.6 Å². The molecule has 1 aromatic rings. The fourth-order valence-corrected chi connectivity index (χ4v) is 2.45. The fraction of sp³-hybridized carbons (Fsp3) is 0.467. The number of hydrogen-bond acceptors (Lipinski definition) is 2. The second-order valence-corrected chi connectivity index (χ2v) is 5.20. The summed E-state index contributed by atoms with van der Waals surface area (Å²) in [6.07, 6.45) is 4.59. The molecule has 0 unspecified atom stereocenters. The molecule has 0 aromatic heterocycles. The van der Waals surface area contributed by atoms with E-state index in [-0.39, 0.29) is 11.9 Å². The van der Waals surface area contributed by atoms with Crippen LogP contribution in [0.15, 0.2) is 24.3 Å². The molecule has 1 saturated heterocycles. The molecular formula is C15H22N4O. The molecule has 20 heavy (non-hydrogen) atoms. The zero-order valence-corrected chi connectivity index (χ0v) is 11.9. The number of carbonyl (C=O) groups excluding carboxylic acids is 1. The predicted octanol–water partition coefficient (Wildman–Crippen LogP) is 2.40. The van der Waals surface area contributed by atoms with Gasteiger partial charge in [0.05, 0.1) is 0 Å². The summed E-state index contributed by atoms with van der Waals surface area (Å²) < 4.78 is 0. The number of anilines is 1. The molecule has 2 amide bonds. The first-order valence-corrected chi connectivity index (χ1v) is 7.06. The Labute approximate surface area is 119 Å². The third kappa shape index (κ3) is 3.29. The number of amides is 2. The van der Waals surface area contributed by atoms with Gasteiger partial charge in [-0.15, -0.1) is 0 Å². The summed E-state index contributed by atoms with van der Waals surface area (Å²) in [5, 5.41) is 7.37. The third-order valence-corrected chi connectivity index (χ3v) is 3.73. The zero-order chi connectivity index (χ0) is 14.5. The molecule has 108 valence electrons. The third-order valence-electron chi connectivity index (χ3n) is 3.73. The molecule has 0 aliphatic carbocycles. The average Bonchev–Trinajstić information content (AvgIpc) is 2.75. The number of likely N-dealkylation sites (tertiary alicyclic amines) is 1. The number of carbonyl (C=O) groups is 1. The van der Waals surface area contributed by atoms with E-state index in [2.05, 4.69) is 0 Å². The summed E-state index contributed by atoms with van der Waals surface area (Å²) in [5.41, 5.74) is 6.92. The van der Waals surface area contributed by atoms with Crippen LogP contribution in [0, 0.1) is 5.41 Å². The standard InChI is InChI=1S/C15H22N4O/c1-18(13-8-6-12(7-9-13)14(16)17)15(20)19-10-4-2-3-5-11-19/h6-9H,2-5,10-11H2,1H3,(H3,16,17). The van der Waals surface area contributed by atoms with E-state index in [1.165, 1.54) is 12.8 Å². The second kappa shape index (κ2) is 6.41. The van der Waals surface area contributed by atoms with Crippen LogP contribution in [-0.2, 0) is 0 Å². The summed E-state index contributed by atoms with van der Waals surface area (Å²) in [6.45, 7) is 1.68. The van der Waals surface area contributed by atoms with Gasteiger partial charge in [0, 0.05) is 31.4 Å². The number of rotatable bonds is 2. The summed E-state index contributed by atoms with van der Waals surface area (Å²) >= 11 is 0. The molecule has 0 spiro atoms. The van der Waals surface area contributed by atoms with Crippen molar-refractivity contribution < 1.29 is 4.79 Å². The van der Waals surface area contributed by atoms with Gasteiger partial charge in [0.15, 0.2) is 0 Å². The van der Waals surface area contributed by atoms with Gasteiger partial charge in [0.1, 0.15) is 5.84 Å². The highest BCUT2D eigenvalue weighted by Crippen LogP contribution is 2.17. The first-order valence-electron chi connectivity index (χ1n) is 7.06. The van der Waals surface area contributed by atoms with Crippen LogP contribution >= 0.6 is 0 Å². The average molecular weight is 274 g/mol. The number of nitrogens with zero attached hydrogens (tertiary/aromatic N) is 2. The topological polar surface area (TPSA) is 73.4 Å². The monoisotopic (exact) mass is 274 g/mol. The van der Waals surface area contributed by atoms with Crippen molar-refractivity contribution in [3.63, 3.8) is 0 Å². The molecule has 2 rings (SSSR count). The zero-order valence-electron chi connectivity index (χ0n) is 11.9. The summed E-state index contributed by atoms with van der Waals surface area (Å²) in [5.74, 6) is 0.0399. The van der Waals surface area contributed by atoms with Crippen molar-refractivity contribution in [1.29, 1.82) is 5.41 Å². The highest BCUT2D eigenvalue weighted by atomic mass is 16.2. The van der Waals surface area contributed by atoms with Crippen LogP contribution in [0.4, 0.5) is 10.5 Å². The number of urea groups is 1. The molecule has 0 saturated carbocycles. The Bertz CT molecular complexity index is 475. The number of nitrogens with one attached hydrogen (secondary N) is 1. The van der Waals surface area contributed by atoms with Gasteiger partial charge in [-0.05, 0) is 37.1 Å². The Morgan fingerprint density at radius 1 is 1.15 bits per heavy atom. The lowest BCUT2D eigenvalue weighted by Gasteiger charge is -2.27. The van der Waals surface area contributed by atoms with E-state index in [1.54, 1.807) is 24.1 Å². The van der Waals surface area contributed by atoms with E-state index in [4.69, 9.17) is 11.1 Å². The molecule has 1 aliphatic heterocycles. The van der Waals surface area contributed by atoms with Gasteiger partial charge in [-0.2, -0.15) is 0 Å². The Hall–Kier alpha value is -2.04. The Morgan fingerprint density at radius 2 is 1.70 bits per heavy atom. The van der Waals surface area contributed by atoms with Gasteiger partial charge >= 0.3 is 6.03 Å². The predicted molar refractivity (Wildman–Crippen MR) is 81.3 cm³/mol. The lowest BCUT2D eigenvalue weighted by molar-refractivity contribution is 0.208. The van der Waals surface area contributed by atoms with E-state index in [0.717, 1.165) is 31.6 Å². The highest BCUT2D eigenvalue weighted by molar-refractivity contribution is 5.96. The van der Waals surface area contributed by atoms with Crippen molar-refractivity contribution in [2.75, 3.05) is 25.0 Å². The van der Waals surface area contributed by atoms with Crippen LogP contribution < -0.4 is 10.6 Å². The summed E-state index contributed by atoms with van der Waals surface area (Å²) in [6, 6.07) is 7.23. The molecule has 5 nitrogen and oxygen atoms in total. The van der Waals surface area contributed by atoms with Crippen LogP contribution in [0.1, 0.15) is 31.2 Å². The molecule has 1 fully saturated rings. The maximum absolute atomic E-state index is 12.5. The van der Waals surface area contributed by atoms with E-state index < -0.39 is 0 Å². The van der Waals surface area contributed by atoms with E-state index in [9.17, 15) is 4.79 Å². The Kier molecular flexibility index (Phi) is 4.61. The highest BCUT2D eigenvalue weighted by Gasteiger charge is 2.20. The van der Waals surface area contributed by atoms with Gasteiger partial charge in [0.25, 0.3) is 0 Å². The van der Waals surface area contributed by atoms with E-state index in [1.807, 2.05) is 17.0 Å². The quantitative estimate of drug-likeness (QED) is 0.642. The van der Waals surface area contributed by atoms with Gasteiger partial charge in [-0.1, -0.05) is 12.8 Å². The maximum Gasteiger partial charge on any atom is 0.324 e. The molecule has 1 heterocycles. The van der Waals surface area contributed by atoms with Crippen LogP contribution in [0.2, 0.25) is 0 Å². The molecule has 0 bridgehead atoms. The van der Waals surface area contributed by atoms with Gasteiger partial charge in [0.2, 0.25) is 0 Å². The number of hydrogen-bond donors (Lipinski definition) is 2. The van der Waals surface area contributed by atoms with Crippen molar-refractivity contribution in [1.82, 2.24) is 4.90 Å². The minimum Gasteiger partial charge on any atom is -0.384 e. The fourth-order valence-electron chi connectivity index (χ4n) is 2.45. The van der Waals surface area contributed by atoms with Crippen LogP contribution in [-0.4, -0.2) is 36.9 Å². The van der Waals surface area contributed by atoms with Crippen LogP contribution in [0.25, 0.3) is 0 Å². The number of nitrogens with two attached hydrogens (primary N) is 1. The second-order valence-electron chi connectivity index (χ2n) is 5.20. The first kappa shape index (κ1) is 14.4. The first-order chi connectivity index (χ1) is 9.59. The Balaban J connectivity index is 2.07. The molecule has 0 atom stereocenters. The molecule has 1 aliphatic rings. The normalized spacial score (nSPS) is 15.6. The van der Waals surface area contributed by atoms with Crippen LogP contribution in [0.3, 0.4) is 0 Å². The Morgan fingerprint density at radius 3 is 2.20 bits per heavy atom. The van der Waals surface area contributed by atoms with E-state index in [0.29, 0.717) is 5.56 Å². The van der Waals surface area contributed by atoms with Crippen molar-refractivity contribution in [2.24, 2.45) is 5.73 Å². The van der Waals surface area contributed by atoms with Gasteiger partial charge in [-0.25, -0.2) is 4.79 Å². The smallest absolute Gasteiger partial charge is 0.324 e. The van der Waals surface area contributed by atoms with Crippen molar-refractivity contribution in [3.8, 4) is 0 Å². The van der Waals surface area contributed by atoms with E-state index >= 15 is 0 Å². The van der Waals surface area contributed by atoms with Gasteiger partial charge in [-0.3, -0.25) is 10.3 Å². The minimum atomic E-state index is 0.0399. The maximum atomic E-state index is 12.5. The van der Waals surface area contributed by atoms with Crippen molar-refractivity contribution in [3.05, 3.63) is 29.8 Å². The molecule has 1 aromatic carbocycles. The van der Waals surface area contributed by atoms with Crippen LogP contribution in [0.5, 0.6) is 0 Å². The molecule has 0 radical (unpaired) electrons. The molecule has 3 N–H and O–H groups in total. The minimum absolute atomic E-state index is 0.0399. The lowest BCUT2D eigenvalue weighted by Crippen LogP contribution is -2.41. The molecular weight excluding hydrogens is 252 g/mol. The SMILES string of the molecule is CN(C(=O)N1CCCCCC1)c1ccc(C(=N)N)cc1. The summed E-state index contributed by atoms with van der Waals surface area (Å²) in [7, 11) is 1.79. The number of benzene rings is 1. The lowest BCUT2D eigenvalue weighted by atomic mass is 10.2. The summed E-state index contributed by atoms with van der Waals surface area (Å²) in [4.78, 5) is 16.0.